The Morgan fingerprint density at radius 3 is 2.25 bits per heavy atom. The molecule has 2 atom stereocenters. The van der Waals surface area contributed by atoms with Gasteiger partial charge in [-0.3, -0.25) is 4.79 Å². The number of nitrogens with one attached hydrogen (secondary N) is 1. The van der Waals surface area contributed by atoms with Crippen LogP contribution in [0.15, 0.2) is 60.7 Å². The molecule has 0 saturated carbocycles. The number of piperidine rings is 3. The average molecular weight is 438 g/mol. The van der Waals surface area contributed by atoms with Crippen LogP contribution in [0.2, 0.25) is 0 Å². The molecule has 32 heavy (non-hydrogen) atoms. The molecule has 5 rings (SSSR count). The largest absolute Gasteiger partial charge is 0.454 e. The zero-order valence-electron chi connectivity index (χ0n) is 18.2. The lowest BCUT2D eigenvalue weighted by atomic mass is 9.82. The number of methoxy groups -OCH3 is 1. The number of Topliss-reactive ketones (excluding diaryl/α,β-unsaturated/α-hetero) is 1. The van der Waals surface area contributed by atoms with Gasteiger partial charge in [-0.15, -0.1) is 0 Å². The van der Waals surface area contributed by atoms with Crippen molar-refractivity contribution < 1.29 is 28.3 Å². The van der Waals surface area contributed by atoms with Crippen LogP contribution in [0, 0.1) is 5.92 Å². The number of rotatable bonds is 7. The third-order valence-electron chi connectivity index (χ3n) is 6.70. The molecular formula is C25H29N2O5+. The van der Waals surface area contributed by atoms with Gasteiger partial charge in [0.05, 0.1) is 20.2 Å². The van der Waals surface area contributed by atoms with E-state index < -0.39 is 18.1 Å². The summed E-state index contributed by atoms with van der Waals surface area (Å²) in [5, 5.41) is 2.58. The van der Waals surface area contributed by atoms with Crippen LogP contribution in [-0.2, 0) is 14.3 Å². The Hall–Kier alpha value is -3.19. The summed E-state index contributed by atoms with van der Waals surface area (Å²) in [4.78, 5) is 37.9. The maximum absolute atomic E-state index is 13.1. The van der Waals surface area contributed by atoms with E-state index in [0.717, 1.165) is 25.9 Å². The Morgan fingerprint density at radius 2 is 1.62 bits per heavy atom. The van der Waals surface area contributed by atoms with E-state index in [1.54, 1.807) is 24.3 Å². The zero-order chi connectivity index (χ0) is 22.6. The number of hydrogen-bond acceptors (Lipinski definition) is 5. The van der Waals surface area contributed by atoms with Crippen LogP contribution in [0.3, 0.4) is 0 Å². The number of esters is 1. The molecule has 3 aliphatic rings. The number of ether oxygens (including phenoxy) is 2. The number of quaternary nitrogens is 1. The minimum atomic E-state index is -0.946. The van der Waals surface area contributed by atoms with Crippen molar-refractivity contribution in [2.45, 2.75) is 25.0 Å². The molecule has 2 aromatic carbocycles. The molecule has 1 N–H and O–H groups in total. The van der Waals surface area contributed by atoms with Gasteiger partial charge < -0.3 is 19.3 Å². The predicted octanol–water partition coefficient (Wildman–Crippen LogP) is 3.12. The Morgan fingerprint density at radius 1 is 1.00 bits per heavy atom. The first-order valence-corrected chi connectivity index (χ1v) is 11.0. The summed E-state index contributed by atoms with van der Waals surface area (Å²) in [6.45, 7) is 2.86. The molecule has 0 radical (unpaired) electrons. The molecule has 3 heterocycles. The zero-order valence-corrected chi connectivity index (χ0v) is 18.2. The Kier molecular flexibility index (Phi) is 6.55. The topological polar surface area (TPSA) is 81.7 Å². The second-order valence-electron chi connectivity index (χ2n) is 8.71. The quantitative estimate of drug-likeness (QED) is 0.409. The molecule has 3 aliphatic heterocycles. The highest BCUT2D eigenvalue weighted by atomic mass is 16.6. The molecule has 0 aromatic heterocycles. The third-order valence-corrected chi connectivity index (χ3v) is 6.70. The van der Waals surface area contributed by atoms with Crippen molar-refractivity contribution in [3.05, 3.63) is 71.8 Å². The highest BCUT2D eigenvalue weighted by Crippen LogP contribution is 2.36. The fourth-order valence-corrected chi connectivity index (χ4v) is 4.91. The smallest absolute Gasteiger partial charge is 0.407 e. The molecule has 3 saturated heterocycles. The standard InChI is InChI=1S/C25H28N2O5/c1-31-25(30)26-23(20-10-6-3-7-11-20)24(29)32-22-17-27(14-12-19(22)13-15-27)16-21(28)18-8-4-2-5-9-18/h2-11,19,22-23H,12-17H2,1H3/p+1/t19?,22-,23?,27?/m0/s1. The maximum atomic E-state index is 13.1. The lowest BCUT2D eigenvalue weighted by Crippen LogP contribution is -2.66. The molecule has 1 unspecified atom stereocenters. The Balaban J connectivity index is 1.46. The molecule has 0 aliphatic carbocycles. The van der Waals surface area contributed by atoms with Crippen LogP contribution in [0.5, 0.6) is 0 Å². The summed E-state index contributed by atoms with van der Waals surface area (Å²) in [6, 6.07) is 17.4. The first-order chi connectivity index (χ1) is 15.5. The van der Waals surface area contributed by atoms with E-state index in [-0.39, 0.29) is 17.8 Å². The predicted molar refractivity (Wildman–Crippen MR) is 118 cm³/mol. The number of amides is 1. The minimum Gasteiger partial charge on any atom is -0.454 e. The van der Waals surface area contributed by atoms with Crippen LogP contribution in [0.4, 0.5) is 4.79 Å². The summed E-state index contributed by atoms with van der Waals surface area (Å²) in [5.74, 6) is -0.112. The fourth-order valence-electron chi connectivity index (χ4n) is 4.91. The molecular weight excluding hydrogens is 408 g/mol. The molecule has 168 valence electrons. The fraction of sp³-hybridized carbons (Fsp3) is 0.400. The Labute approximate surface area is 187 Å². The monoisotopic (exact) mass is 437 g/mol. The summed E-state index contributed by atoms with van der Waals surface area (Å²) in [6.07, 6.45) is 0.863. The van der Waals surface area contributed by atoms with Crippen LogP contribution in [-0.4, -0.2) is 61.7 Å². The molecule has 2 aromatic rings. The van der Waals surface area contributed by atoms with Gasteiger partial charge in [-0.25, -0.2) is 9.59 Å². The van der Waals surface area contributed by atoms with Crippen molar-refractivity contribution in [1.29, 1.82) is 0 Å². The number of hydrogen-bond donors (Lipinski definition) is 1. The van der Waals surface area contributed by atoms with Crippen molar-refractivity contribution in [3.8, 4) is 0 Å². The highest BCUT2D eigenvalue weighted by molar-refractivity contribution is 5.97. The average Bonchev–Trinajstić information content (AvgIpc) is 2.83. The van der Waals surface area contributed by atoms with E-state index in [1.165, 1.54) is 7.11 Å². The van der Waals surface area contributed by atoms with Crippen molar-refractivity contribution in [2.75, 3.05) is 33.3 Å². The van der Waals surface area contributed by atoms with E-state index in [0.29, 0.717) is 28.7 Å². The number of ketones is 1. The number of carbonyl (C=O) groups excluding carboxylic acids is 3. The first kappa shape index (κ1) is 22.0. The van der Waals surface area contributed by atoms with Crippen molar-refractivity contribution >= 4 is 17.8 Å². The number of nitrogens with zero attached hydrogens (tertiary/aromatic N) is 1. The van der Waals surface area contributed by atoms with Gasteiger partial charge in [-0.1, -0.05) is 60.7 Å². The normalized spacial score (nSPS) is 24.9. The maximum Gasteiger partial charge on any atom is 0.407 e. The number of carbonyl (C=O) groups is 3. The molecule has 3 fully saturated rings. The summed E-state index contributed by atoms with van der Waals surface area (Å²) in [5.41, 5.74) is 1.35. The van der Waals surface area contributed by atoms with Gasteiger partial charge in [-0.05, 0) is 5.56 Å². The van der Waals surface area contributed by atoms with Crippen LogP contribution < -0.4 is 5.32 Å². The van der Waals surface area contributed by atoms with E-state index >= 15 is 0 Å². The summed E-state index contributed by atoms with van der Waals surface area (Å²) < 4.78 is 11.3. The number of fused-ring (bicyclic) bond motifs is 3. The van der Waals surface area contributed by atoms with E-state index in [2.05, 4.69) is 5.32 Å². The highest BCUT2D eigenvalue weighted by Gasteiger charge is 2.49. The van der Waals surface area contributed by atoms with Crippen molar-refractivity contribution in [2.24, 2.45) is 5.92 Å². The van der Waals surface area contributed by atoms with E-state index in [1.807, 2.05) is 36.4 Å². The van der Waals surface area contributed by atoms with Crippen LogP contribution in [0.25, 0.3) is 0 Å². The first-order valence-electron chi connectivity index (χ1n) is 11.0. The van der Waals surface area contributed by atoms with E-state index in [4.69, 9.17) is 9.47 Å². The molecule has 0 spiro atoms. The van der Waals surface area contributed by atoms with E-state index in [9.17, 15) is 14.4 Å². The lowest BCUT2D eigenvalue weighted by Gasteiger charge is -2.51. The second-order valence-corrected chi connectivity index (χ2v) is 8.71. The molecule has 2 bridgehead atoms. The summed E-state index contributed by atoms with van der Waals surface area (Å²) >= 11 is 0. The second kappa shape index (κ2) is 9.53. The molecule has 7 heteroatoms. The van der Waals surface area contributed by atoms with Crippen LogP contribution >= 0.6 is 0 Å². The van der Waals surface area contributed by atoms with Gasteiger partial charge in [0, 0.05) is 24.3 Å². The van der Waals surface area contributed by atoms with Crippen LogP contribution in [0.1, 0.15) is 34.8 Å². The Bertz CT molecular complexity index is 955. The SMILES string of the molecule is COC(=O)NC(C(=O)O[C@H]1C[N+]2(CC(=O)c3ccccc3)CCC1CC2)c1ccccc1. The minimum absolute atomic E-state index is 0.116. The van der Waals surface area contributed by atoms with Gasteiger partial charge in [0.25, 0.3) is 0 Å². The number of alkyl carbamates (subject to hydrolysis) is 1. The number of benzene rings is 2. The summed E-state index contributed by atoms with van der Waals surface area (Å²) in [7, 11) is 1.26. The van der Waals surface area contributed by atoms with Crippen molar-refractivity contribution in [3.63, 3.8) is 0 Å². The van der Waals surface area contributed by atoms with Gasteiger partial charge in [0.1, 0.15) is 13.1 Å². The molecule has 7 nitrogen and oxygen atoms in total. The lowest BCUT2D eigenvalue weighted by molar-refractivity contribution is -0.938. The van der Waals surface area contributed by atoms with Gasteiger partial charge in [0.2, 0.25) is 5.78 Å². The van der Waals surface area contributed by atoms with Gasteiger partial charge in [-0.2, -0.15) is 0 Å². The van der Waals surface area contributed by atoms with Gasteiger partial charge >= 0.3 is 12.1 Å². The van der Waals surface area contributed by atoms with Gasteiger partial charge in [0.15, 0.2) is 12.1 Å². The molecule has 1 amide bonds. The third kappa shape index (κ3) is 4.83. The van der Waals surface area contributed by atoms with Crippen molar-refractivity contribution in [1.82, 2.24) is 5.32 Å².